The van der Waals surface area contributed by atoms with E-state index in [1.807, 2.05) is 0 Å². The molecule has 0 aliphatic carbocycles. The number of carbonyl (C=O) groups excluding carboxylic acids is 1. The summed E-state index contributed by atoms with van der Waals surface area (Å²) >= 11 is 0.809. The molecule has 2 aromatic rings. The number of sulfonamides is 1. The van der Waals surface area contributed by atoms with Gasteiger partial charge in [0.05, 0.1) is 7.11 Å². The molecule has 0 aliphatic rings. The van der Waals surface area contributed by atoms with Crippen molar-refractivity contribution in [2.75, 3.05) is 19.5 Å². The van der Waals surface area contributed by atoms with Gasteiger partial charge in [0.2, 0.25) is 15.4 Å². The number of aromatic nitrogens is 2. The van der Waals surface area contributed by atoms with Gasteiger partial charge in [0.25, 0.3) is 10.0 Å². The molecule has 0 spiro atoms. The van der Waals surface area contributed by atoms with Crippen LogP contribution in [-0.4, -0.2) is 43.0 Å². The summed E-state index contributed by atoms with van der Waals surface area (Å²) in [5, 5.41) is 9.84. The second-order valence-electron chi connectivity index (χ2n) is 4.66. The molecule has 0 atom stereocenters. The van der Waals surface area contributed by atoms with Crippen LogP contribution < -0.4 is 10.1 Å². The first-order valence-corrected chi connectivity index (χ1v) is 8.79. The van der Waals surface area contributed by atoms with Crippen molar-refractivity contribution in [1.82, 2.24) is 14.5 Å². The van der Waals surface area contributed by atoms with Crippen molar-refractivity contribution in [1.29, 1.82) is 0 Å². The number of hydrogen-bond donors (Lipinski definition) is 1. The van der Waals surface area contributed by atoms with Crippen LogP contribution in [0.25, 0.3) is 0 Å². The fraction of sp³-hybridized carbons (Fsp3) is 0.308. The van der Waals surface area contributed by atoms with Crippen molar-refractivity contribution in [3.05, 3.63) is 29.8 Å². The second kappa shape index (κ2) is 7.02. The molecule has 0 saturated heterocycles. The molecule has 0 saturated carbocycles. The van der Waals surface area contributed by atoms with Gasteiger partial charge < -0.3 is 10.1 Å². The van der Waals surface area contributed by atoms with E-state index in [2.05, 4.69) is 15.5 Å². The minimum absolute atomic E-state index is 0.147. The molecule has 2 rings (SSSR count). The summed E-state index contributed by atoms with van der Waals surface area (Å²) in [6.45, 7) is 1.49. The largest absolute Gasteiger partial charge is 0.497 e. The lowest BCUT2D eigenvalue weighted by Gasteiger charge is -2.15. The predicted molar refractivity (Wildman–Crippen MR) is 85.9 cm³/mol. The molecule has 0 radical (unpaired) electrons. The zero-order chi connectivity index (χ0) is 17.0. The topological polar surface area (TPSA) is 101 Å². The third-order valence-corrected chi connectivity index (χ3v) is 5.87. The van der Waals surface area contributed by atoms with Gasteiger partial charge >= 0.3 is 0 Å². The molecule has 124 valence electrons. The molecule has 23 heavy (non-hydrogen) atoms. The highest BCUT2D eigenvalue weighted by atomic mass is 32.2. The quantitative estimate of drug-likeness (QED) is 0.784. The minimum atomic E-state index is -3.77. The molecule has 1 aromatic heterocycles. The molecular formula is C13H16N4O4S2. The maximum atomic E-state index is 12.5. The van der Waals surface area contributed by atoms with E-state index in [0.29, 0.717) is 5.75 Å². The first-order valence-electron chi connectivity index (χ1n) is 6.53. The van der Waals surface area contributed by atoms with Gasteiger partial charge in [-0.25, -0.2) is 8.42 Å². The van der Waals surface area contributed by atoms with Crippen LogP contribution in [0.1, 0.15) is 12.5 Å². The predicted octanol–water partition coefficient (Wildman–Crippen LogP) is 1.33. The zero-order valence-corrected chi connectivity index (χ0v) is 14.4. The number of rotatable bonds is 6. The number of carbonyl (C=O) groups is 1. The van der Waals surface area contributed by atoms with E-state index >= 15 is 0 Å². The van der Waals surface area contributed by atoms with E-state index in [-0.39, 0.29) is 21.9 Å². The minimum Gasteiger partial charge on any atom is -0.497 e. The molecule has 10 heteroatoms. The molecule has 1 aromatic carbocycles. The number of benzene rings is 1. The summed E-state index contributed by atoms with van der Waals surface area (Å²) in [5.41, 5.74) is 0.809. The van der Waals surface area contributed by atoms with Crippen LogP contribution in [0.5, 0.6) is 5.75 Å². The Balaban J connectivity index is 2.14. The third kappa shape index (κ3) is 4.24. The summed E-state index contributed by atoms with van der Waals surface area (Å²) in [4.78, 5) is 11.0. The Labute approximate surface area is 138 Å². The number of ether oxygens (including phenoxy) is 1. The van der Waals surface area contributed by atoms with Gasteiger partial charge in [0, 0.05) is 20.5 Å². The summed E-state index contributed by atoms with van der Waals surface area (Å²) in [5.74, 6) is 0.361. The fourth-order valence-electron chi connectivity index (χ4n) is 1.72. The van der Waals surface area contributed by atoms with Crippen molar-refractivity contribution in [2.45, 2.75) is 17.8 Å². The van der Waals surface area contributed by atoms with E-state index in [9.17, 15) is 13.2 Å². The molecule has 1 heterocycles. The summed E-state index contributed by atoms with van der Waals surface area (Å²) < 4.78 is 31.0. The van der Waals surface area contributed by atoms with Crippen LogP contribution in [0.3, 0.4) is 0 Å². The molecular weight excluding hydrogens is 340 g/mol. The summed E-state index contributed by atoms with van der Waals surface area (Å²) in [6.07, 6.45) is 0. The number of amides is 1. The Morgan fingerprint density at radius 3 is 2.52 bits per heavy atom. The molecule has 1 N–H and O–H groups in total. The average molecular weight is 356 g/mol. The van der Waals surface area contributed by atoms with E-state index < -0.39 is 10.0 Å². The van der Waals surface area contributed by atoms with E-state index in [4.69, 9.17) is 4.74 Å². The van der Waals surface area contributed by atoms with Crippen molar-refractivity contribution in [3.8, 4) is 5.75 Å². The number of methoxy groups -OCH3 is 1. The first kappa shape index (κ1) is 17.3. The maximum absolute atomic E-state index is 12.5. The van der Waals surface area contributed by atoms with Gasteiger partial charge in [-0.1, -0.05) is 23.5 Å². The van der Waals surface area contributed by atoms with E-state index in [0.717, 1.165) is 16.9 Å². The summed E-state index contributed by atoms with van der Waals surface area (Å²) in [7, 11) is -0.752. The van der Waals surface area contributed by atoms with Crippen LogP contribution in [-0.2, 0) is 21.4 Å². The Morgan fingerprint density at radius 2 is 1.96 bits per heavy atom. The smallest absolute Gasteiger partial charge is 0.272 e. The highest BCUT2D eigenvalue weighted by Gasteiger charge is 2.26. The van der Waals surface area contributed by atoms with Crippen LogP contribution in [0.15, 0.2) is 28.6 Å². The lowest BCUT2D eigenvalue weighted by molar-refractivity contribution is -0.114. The van der Waals surface area contributed by atoms with Crippen LogP contribution >= 0.6 is 11.3 Å². The van der Waals surface area contributed by atoms with Crippen molar-refractivity contribution >= 4 is 32.4 Å². The monoisotopic (exact) mass is 356 g/mol. The number of hydrogen-bond acceptors (Lipinski definition) is 7. The Kier molecular flexibility index (Phi) is 5.29. The van der Waals surface area contributed by atoms with Crippen molar-refractivity contribution in [3.63, 3.8) is 0 Å². The van der Waals surface area contributed by atoms with Gasteiger partial charge in [-0.3, -0.25) is 4.79 Å². The van der Waals surface area contributed by atoms with Crippen LogP contribution in [0.2, 0.25) is 0 Å². The third-order valence-electron chi connectivity index (χ3n) is 2.88. The van der Waals surface area contributed by atoms with Crippen molar-refractivity contribution < 1.29 is 17.9 Å². The van der Waals surface area contributed by atoms with E-state index in [1.54, 1.807) is 31.4 Å². The Hall–Kier alpha value is -2.04. The lowest BCUT2D eigenvalue weighted by Crippen LogP contribution is -2.26. The normalized spacial score (nSPS) is 11.5. The maximum Gasteiger partial charge on any atom is 0.272 e. The van der Waals surface area contributed by atoms with Crippen LogP contribution in [0, 0.1) is 0 Å². The molecule has 0 unspecified atom stereocenters. The van der Waals surface area contributed by atoms with Gasteiger partial charge in [-0.2, -0.15) is 4.31 Å². The molecule has 8 nitrogen and oxygen atoms in total. The van der Waals surface area contributed by atoms with Gasteiger partial charge in [0.1, 0.15) is 5.75 Å². The average Bonchev–Trinajstić information content (AvgIpc) is 2.96. The standard InChI is InChI=1S/C13H16N4O4S2/c1-9(18)14-12-15-16-13(22-12)23(19,20)17(2)8-10-4-6-11(21-3)7-5-10/h4-7H,8H2,1-3H3,(H,14,15,18). The number of nitrogens with zero attached hydrogens (tertiary/aromatic N) is 3. The van der Waals surface area contributed by atoms with Gasteiger partial charge in [0.15, 0.2) is 0 Å². The fourth-order valence-corrected chi connectivity index (χ4v) is 4.01. The molecule has 0 fully saturated rings. The van der Waals surface area contributed by atoms with Gasteiger partial charge in [-0.05, 0) is 17.7 Å². The van der Waals surface area contributed by atoms with Crippen LogP contribution in [0.4, 0.5) is 5.13 Å². The lowest BCUT2D eigenvalue weighted by atomic mass is 10.2. The zero-order valence-electron chi connectivity index (χ0n) is 12.8. The SMILES string of the molecule is COc1ccc(CN(C)S(=O)(=O)c2nnc(NC(C)=O)s2)cc1. The highest BCUT2D eigenvalue weighted by molar-refractivity contribution is 7.91. The first-order chi connectivity index (χ1) is 10.8. The molecule has 1 amide bonds. The molecule has 0 bridgehead atoms. The number of anilines is 1. The highest BCUT2D eigenvalue weighted by Crippen LogP contribution is 2.24. The Bertz CT molecular complexity index is 787. The van der Waals surface area contributed by atoms with Gasteiger partial charge in [-0.15, -0.1) is 10.2 Å². The number of nitrogens with one attached hydrogen (secondary N) is 1. The van der Waals surface area contributed by atoms with Crippen molar-refractivity contribution in [2.24, 2.45) is 0 Å². The summed E-state index contributed by atoms with van der Waals surface area (Å²) in [6, 6.07) is 7.09. The molecule has 0 aliphatic heterocycles. The second-order valence-corrected chi connectivity index (χ2v) is 7.86. The van der Waals surface area contributed by atoms with E-state index in [1.165, 1.54) is 18.3 Å². The Morgan fingerprint density at radius 1 is 1.30 bits per heavy atom.